The van der Waals surface area contributed by atoms with Gasteiger partial charge in [-0.15, -0.1) is 10.2 Å². The average Bonchev–Trinajstić information content (AvgIpc) is 3.20. The monoisotopic (exact) mass is 505 g/mol. The zero-order valence-electron chi connectivity index (χ0n) is 16.1. The molecule has 0 aliphatic rings. The molecule has 1 heterocycles. The van der Waals surface area contributed by atoms with Crippen molar-refractivity contribution in [3.8, 4) is 5.75 Å². The highest BCUT2D eigenvalue weighted by Gasteiger charge is 2.19. The Kier molecular flexibility index (Phi) is 7.26. The van der Waals surface area contributed by atoms with E-state index in [1.54, 1.807) is 18.2 Å². The summed E-state index contributed by atoms with van der Waals surface area (Å²) in [6.45, 7) is 0.346. The van der Waals surface area contributed by atoms with Crippen LogP contribution < -0.4 is 15.4 Å². The van der Waals surface area contributed by atoms with E-state index < -0.39 is 10.8 Å². The highest BCUT2D eigenvalue weighted by Crippen LogP contribution is 2.28. The van der Waals surface area contributed by atoms with E-state index in [-0.39, 0.29) is 28.0 Å². The number of nitro groups is 1. The molecule has 0 atom stereocenters. The minimum Gasteiger partial charge on any atom is -0.490 e. The second kappa shape index (κ2) is 10.1. The molecule has 2 N–H and O–H groups in total. The number of amides is 2. The molecule has 12 heteroatoms. The van der Waals surface area contributed by atoms with Crippen molar-refractivity contribution in [3.05, 3.63) is 73.2 Å². The summed E-state index contributed by atoms with van der Waals surface area (Å²) in [5.74, 6) is -0.707. The van der Waals surface area contributed by atoms with Gasteiger partial charge in [0.1, 0.15) is 5.01 Å². The summed E-state index contributed by atoms with van der Waals surface area (Å²) >= 11 is 4.47. The number of nitrogens with one attached hydrogen (secondary N) is 2. The Morgan fingerprint density at radius 2 is 1.94 bits per heavy atom. The van der Waals surface area contributed by atoms with Gasteiger partial charge in [0.05, 0.1) is 12.0 Å². The number of ether oxygens (including phenoxy) is 1. The normalized spacial score (nSPS) is 10.4. The van der Waals surface area contributed by atoms with Crippen molar-refractivity contribution in [1.82, 2.24) is 15.5 Å². The molecule has 2 aromatic carbocycles. The minimum absolute atomic E-state index is 0.0599. The lowest BCUT2D eigenvalue weighted by Gasteiger charge is -2.05. The molecule has 0 aliphatic carbocycles. The Balaban J connectivity index is 1.56. The summed E-state index contributed by atoms with van der Waals surface area (Å²) in [6, 6.07) is 10.9. The zero-order chi connectivity index (χ0) is 22.4. The van der Waals surface area contributed by atoms with Crippen molar-refractivity contribution in [2.24, 2.45) is 0 Å². The summed E-state index contributed by atoms with van der Waals surface area (Å²) in [7, 11) is 1.31. The maximum atomic E-state index is 12.4. The lowest BCUT2D eigenvalue weighted by molar-refractivity contribution is -0.385. The number of hydrogen-bond acceptors (Lipinski definition) is 8. The predicted octanol–water partition coefficient (Wildman–Crippen LogP) is 3.44. The fourth-order valence-corrected chi connectivity index (χ4v) is 3.70. The molecule has 0 radical (unpaired) electrons. The molecular weight excluding hydrogens is 490 g/mol. The smallest absolute Gasteiger partial charge is 0.311 e. The lowest BCUT2D eigenvalue weighted by atomic mass is 10.2. The Morgan fingerprint density at radius 1 is 1.16 bits per heavy atom. The topological polar surface area (TPSA) is 136 Å². The number of nitrogens with zero attached hydrogens (tertiary/aromatic N) is 3. The van der Waals surface area contributed by atoms with Gasteiger partial charge in [-0.25, -0.2) is 0 Å². The molecule has 0 saturated carbocycles. The number of benzene rings is 2. The van der Waals surface area contributed by atoms with Gasteiger partial charge in [-0.1, -0.05) is 33.3 Å². The molecule has 0 spiro atoms. The van der Waals surface area contributed by atoms with E-state index in [9.17, 15) is 19.7 Å². The molecule has 0 unspecified atom stereocenters. The first kappa shape index (κ1) is 22.3. The predicted molar refractivity (Wildman–Crippen MR) is 118 cm³/mol. The lowest BCUT2D eigenvalue weighted by Crippen LogP contribution is -2.25. The number of aromatic nitrogens is 2. The van der Waals surface area contributed by atoms with E-state index in [0.717, 1.165) is 21.9 Å². The van der Waals surface area contributed by atoms with Crippen LogP contribution in [-0.4, -0.2) is 40.6 Å². The van der Waals surface area contributed by atoms with Gasteiger partial charge in [0.25, 0.3) is 11.8 Å². The molecule has 0 aliphatic heterocycles. The van der Waals surface area contributed by atoms with Gasteiger partial charge in [0, 0.05) is 34.6 Å². The minimum atomic E-state index is -0.624. The van der Waals surface area contributed by atoms with Gasteiger partial charge in [-0.3, -0.25) is 25.0 Å². The van der Waals surface area contributed by atoms with Crippen molar-refractivity contribution >= 4 is 49.9 Å². The van der Waals surface area contributed by atoms with Crippen molar-refractivity contribution in [1.29, 1.82) is 0 Å². The molecule has 160 valence electrons. The highest BCUT2D eigenvalue weighted by atomic mass is 79.9. The van der Waals surface area contributed by atoms with Crippen LogP contribution in [0.5, 0.6) is 5.75 Å². The molecule has 1 aromatic heterocycles. The van der Waals surface area contributed by atoms with Gasteiger partial charge in [-0.2, -0.15) is 0 Å². The van der Waals surface area contributed by atoms with E-state index in [1.807, 2.05) is 6.07 Å². The van der Waals surface area contributed by atoms with Crippen LogP contribution in [0.3, 0.4) is 0 Å². The van der Waals surface area contributed by atoms with Crippen LogP contribution in [0.2, 0.25) is 0 Å². The van der Waals surface area contributed by atoms with Crippen LogP contribution in [0.4, 0.5) is 10.8 Å². The van der Waals surface area contributed by atoms with Gasteiger partial charge in [-0.05, 0) is 30.3 Å². The van der Waals surface area contributed by atoms with Crippen LogP contribution in [0.15, 0.2) is 46.9 Å². The molecule has 0 fully saturated rings. The number of carbonyl (C=O) groups is 2. The second-order valence-electron chi connectivity index (χ2n) is 6.12. The molecule has 0 saturated heterocycles. The maximum absolute atomic E-state index is 12.4. The fraction of sp³-hybridized carbons (Fsp3) is 0.158. The second-order valence-corrected chi connectivity index (χ2v) is 8.09. The van der Waals surface area contributed by atoms with Crippen molar-refractivity contribution in [3.63, 3.8) is 0 Å². The third-order valence-corrected chi connectivity index (χ3v) is 5.43. The van der Waals surface area contributed by atoms with Crippen LogP contribution >= 0.6 is 27.3 Å². The van der Waals surface area contributed by atoms with Crippen molar-refractivity contribution < 1.29 is 19.2 Å². The molecule has 3 aromatic rings. The largest absolute Gasteiger partial charge is 0.490 e. The fourth-order valence-electron chi connectivity index (χ4n) is 2.56. The SMILES string of the molecule is COc1ccc(C(=O)Nc2nnc(CCNC(=O)c3cccc(Br)c3)s2)cc1[N+](=O)[O-]. The molecule has 0 bridgehead atoms. The first-order valence-corrected chi connectivity index (χ1v) is 10.5. The Bertz CT molecular complexity index is 1140. The van der Waals surface area contributed by atoms with Gasteiger partial charge in [0.2, 0.25) is 5.13 Å². The summed E-state index contributed by atoms with van der Waals surface area (Å²) in [6.07, 6.45) is 0.432. The summed E-state index contributed by atoms with van der Waals surface area (Å²) in [5.41, 5.74) is 0.313. The first-order valence-electron chi connectivity index (χ1n) is 8.87. The number of nitro benzene ring substituents is 1. The van der Waals surface area contributed by atoms with Crippen LogP contribution in [0.1, 0.15) is 25.7 Å². The Morgan fingerprint density at radius 3 is 2.65 bits per heavy atom. The summed E-state index contributed by atoms with van der Waals surface area (Å²) in [4.78, 5) is 35.0. The third-order valence-electron chi connectivity index (χ3n) is 4.04. The Hall–Kier alpha value is -3.38. The summed E-state index contributed by atoms with van der Waals surface area (Å²) < 4.78 is 5.74. The molecular formula is C19H16BrN5O5S. The molecule has 31 heavy (non-hydrogen) atoms. The van der Waals surface area contributed by atoms with Gasteiger partial charge >= 0.3 is 5.69 Å². The highest BCUT2D eigenvalue weighted by molar-refractivity contribution is 9.10. The number of carbonyl (C=O) groups excluding carboxylic acids is 2. The van der Waals surface area contributed by atoms with Crippen LogP contribution in [0.25, 0.3) is 0 Å². The van der Waals surface area contributed by atoms with Crippen LogP contribution in [-0.2, 0) is 6.42 Å². The van der Waals surface area contributed by atoms with E-state index >= 15 is 0 Å². The van der Waals surface area contributed by atoms with Crippen LogP contribution in [0, 0.1) is 10.1 Å². The van der Waals surface area contributed by atoms with E-state index in [1.165, 1.54) is 19.2 Å². The van der Waals surface area contributed by atoms with Crippen molar-refractivity contribution in [2.45, 2.75) is 6.42 Å². The Labute approximate surface area is 188 Å². The van der Waals surface area contributed by atoms with E-state index in [0.29, 0.717) is 23.5 Å². The average molecular weight is 506 g/mol. The van der Waals surface area contributed by atoms with E-state index in [2.05, 4.69) is 36.8 Å². The number of methoxy groups -OCH3 is 1. The third kappa shape index (κ3) is 5.83. The number of rotatable bonds is 8. The first-order chi connectivity index (χ1) is 14.9. The molecule has 10 nitrogen and oxygen atoms in total. The number of halogens is 1. The number of anilines is 1. The zero-order valence-corrected chi connectivity index (χ0v) is 18.5. The standard InChI is InChI=1S/C19H16BrN5O5S/c1-30-15-6-5-12(10-14(15)25(28)29)18(27)22-19-24-23-16(31-19)7-8-21-17(26)11-3-2-4-13(20)9-11/h2-6,9-10H,7-8H2,1H3,(H,21,26)(H,22,24,27). The van der Waals surface area contributed by atoms with Gasteiger partial charge < -0.3 is 10.1 Å². The quantitative estimate of drug-likeness (QED) is 0.353. The summed E-state index contributed by atoms with van der Waals surface area (Å²) in [5, 5.41) is 25.2. The van der Waals surface area contributed by atoms with E-state index in [4.69, 9.17) is 4.74 Å². The molecule has 2 amide bonds. The molecule has 3 rings (SSSR count). The number of hydrogen-bond donors (Lipinski definition) is 2. The van der Waals surface area contributed by atoms with Gasteiger partial charge in [0.15, 0.2) is 5.75 Å². The maximum Gasteiger partial charge on any atom is 0.311 e. The van der Waals surface area contributed by atoms with Crippen molar-refractivity contribution in [2.75, 3.05) is 19.0 Å².